The third-order valence-corrected chi connectivity index (χ3v) is 3.31. The zero-order valence-electron chi connectivity index (χ0n) is 8.65. The molecule has 0 radical (unpaired) electrons. The molecule has 1 saturated heterocycles. The maximum absolute atomic E-state index is 11.0. The standard InChI is InChI=1S/C9H10IN3O4/c10-5-2-11-13(3-5)6-1-7(8(14)15)12(4-6)9(16)17/h2-3,6-7H,1,4H2,(H,14,15)(H,16,17)/t6-,7+/m0/s1. The molecular formula is C9H10IN3O4. The Bertz CT molecular complexity index is 439. The smallest absolute Gasteiger partial charge is 0.408 e. The van der Waals surface area contributed by atoms with Gasteiger partial charge in [-0.15, -0.1) is 0 Å². The SMILES string of the molecule is O=C(O)[C@H]1C[C@H](n2cc(I)cn2)CN1C(=O)O. The van der Waals surface area contributed by atoms with Crippen molar-refractivity contribution in [2.75, 3.05) is 6.54 Å². The van der Waals surface area contributed by atoms with Crippen LogP contribution in [0.2, 0.25) is 0 Å². The molecule has 1 aromatic heterocycles. The summed E-state index contributed by atoms with van der Waals surface area (Å²) >= 11 is 2.09. The second kappa shape index (κ2) is 4.51. The molecule has 2 atom stereocenters. The summed E-state index contributed by atoms with van der Waals surface area (Å²) in [6, 6.07) is -1.20. The lowest BCUT2D eigenvalue weighted by Gasteiger charge is -2.16. The summed E-state index contributed by atoms with van der Waals surface area (Å²) in [6.45, 7) is 0.157. The van der Waals surface area contributed by atoms with Crippen molar-refractivity contribution in [3.05, 3.63) is 16.0 Å². The third kappa shape index (κ3) is 2.35. The van der Waals surface area contributed by atoms with Gasteiger partial charge in [0.2, 0.25) is 0 Å². The van der Waals surface area contributed by atoms with Gasteiger partial charge in [-0.25, -0.2) is 9.59 Å². The number of amides is 1. The van der Waals surface area contributed by atoms with E-state index in [1.54, 1.807) is 17.1 Å². The second-order valence-corrected chi connectivity index (χ2v) is 5.06. The lowest BCUT2D eigenvalue weighted by Crippen LogP contribution is -2.39. The average molecular weight is 351 g/mol. The topological polar surface area (TPSA) is 95.7 Å². The van der Waals surface area contributed by atoms with E-state index in [-0.39, 0.29) is 19.0 Å². The lowest BCUT2D eigenvalue weighted by atomic mass is 10.2. The Morgan fingerprint density at radius 2 is 2.18 bits per heavy atom. The van der Waals surface area contributed by atoms with Crippen molar-refractivity contribution in [2.24, 2.45) is 0 Å². The maximum atomic E-state index is 11.0. The minimum absolute atomic E-state index is 0.157. The van der Waals surface area contributed by atoms with Crippen LogP contribution in [0.3, 0.4) is 0 Å². The molecule has 0 spiro atoms. The fourth-order valence-corrected chi connectivity index (χ4v) is 2.38. The Morgan fingerprint density at radius 1 is 1.47 bits per heavy atom. The molecule has 1 aliphatic rings. The average Bonchev–Trinajstić information content (AvgIpc) is 2.82. The van der Waals surface area contributed by atoms with Gasteiger partial charge < -0.3 is 10.2 Å². The van der Waals surface area contributed by atoms with Gasteiger partial charge in [-0.3, -0.25) is 9.58 Å². The molecule has 2 heterocycles. The van der Waals surface area contributed by atoms with E-state index in [2.05, 4.69) is 27.7 Å². The predicted octanol–water partition coefficient (Wildman–Crippen LogP) is 0.866. The van der Waals surface area contributed by atoms with Crippen molar-refractivity contribution >= 4 is 34.7 Å². The number of carboxylic acid groups (broad SMARTS) is 2. The van der Waals surface area contributed by atoms with Crippen LogP contribution in [0.4, 0.5) is 4.79 Å². The molecular weight excluding hydrogens is 341 g/mol. The fourth-order valence-electron chi connectivity index (χ4n) is 1.97. The first-order valence-corrected chi connectivity index (χ1v) is 5.99. The zero-order chi connectivity index (χ0) is 12.6. The van der Waals surface area contributed by atoms with Crippen LogP contribution in [-0.2, 0) is 4.79 Å². The van der Waals surface area contributed by atoms with Gasteiger partial charge in [0, 0.05) is 19.2 Å². The van der Waals surface area contributed by atoms with E-state index < -0.39 is 18.1 Å². The van der Waals surface area contributed by atoms with E-state index in [0.29, 0.717) is 0 Å². The van der Waals surface area contributed by atoms with E-state index in [4.69, 9.17) is 10.2 Å². The molecule has 17 heavy (non-hydrogen) atoms. The number of hydrogen-bond donors (Lipinski definition) is 2. The zero-order valence-corrected chi connectivity index (χ0v) is 10.8. The quantitative estimate of drug-likeness (QED) is 0.771. The first-order valence-electron chi connectivity index (χ1n) is 4.91. The molecule has 2 N–H and O–H groups in total. The number of carboxylic acids is 1. The second-order valence-electron chi connectivity index (χ2n) is 3.82. The molecule has 2 rings (SSSR count). The van der Waals surface area contributed by atoms with Crippen LogP contribution >= 0.6 is 22.6 Å². The highest BCUT2D eigenvalue weighted by Gasteiger charge is 2.40. The van der Waals surface area contributed by atoms with Gasteiger partial charge in [0.15, 0.2) is 0 Å². The molecule has 8 heteroatoms. The summed E-state index contributed by atoms with van der Waals surface area (Å²) in [4.78, 5) is 22.8. The molecule has 0 aliphatic carbocycles. The van der Waals surface area contributed by atoms with Crippen molar-refractivity contribution in [1.29, 1.82) is 0 Å². The predicted molar refractivity (Wildman–Crippen MR) is 64.8 cm³/mol. The minimum atomic E-state index is -1.21. The highest BCUT2D eigenvalue weighted by Crippen LogP contribution is 2.27. The number of hydrogen-bond acceptors (Lipinski definition) is 3. The highest BCUT2D eigenvalue weighted by molar-refractivity contribution is 14.1. The van der Waals surface area contributed by atoms with Gasteiger partial charge in [0.05, 0.1) is 15.8 Å². The normalized spacial score (nSPS) is 23.9. The van der Waals surface area contributed by atoms with Crippen molar-refractivity contribution in [2.45, 2.75) is 18.5 Å². The van der Waals surface area contributed by atoms with Crippen LogP contribution in [-0.4, -0.2) is 49.5 Å². The Balaban J connectivity index is 2.19. The van der Waals surface area contributed by atoms with Gasteiger partial charge >= 0.3 is 12.1 Å². The van der Waals surface area contributed by atoms with Crippen LogP contribution in [0.5, 0.6) is 0 Å². The Labute approximate surface area is 110 Å². The number of aromatic nitrogens is 2. The summed E-state index contributed by atoms with van der Waals surface area (Å²) in [5, 5.41) is 22.0. The Hall–Kier alpha value is -1.32. The molecule has 0 unspecified atom stereocenters. The van der Waals surface area contributed by atoms with E-state index in [9.17, 15) is 9.59 Å². The minimum Gasteiger partial charge on any atom is -0.480 e. The lowest BCUT2D eigenvalue weighted by molar-refractivity contribution is -0.141. The van der Waals surface area contributed by atoms with Crippen LogP contribution in [0, 0.1) is 3.57 Å². The third-order valence-electron chi connectivity index (χ3n) is 2.75. The Kier molecular flexibility index (Phi) is 3.22. The number of nitrogens with zero attached hydrogens (tertiary/aromatic N) is 3. The van der Waals surface area contributed by atoms with Crippen molar-refractivity contribution in [3.63, 3.8) is 0 Å². The van der Waals surface area contributed by atoms with E-state index in [0.717, 1.165) is 8.47 Å². The highest BCUT2D eigenvalue weighted by atomic mass is 127. The summed E-state index contributed by atoms with van der Waals surface area (Å²) in [5.74, 6) is -1.11. The molecule has 1 amide bonds. The van der Waals surface area contributed by atoms with Crippen LogP contribution in [0.15, 0.2) is 12.4 Å². The number of likely N-dealkylation sites (tertiary alicyclic amines) is 1. The van der Waals surface area contributed by atoms with E-state index in [1.807, 2.05) is 0 Å². The summed E-state index contributed by atoms with van der Waals surface area (Å²) in [6.07, 6.45) is 2.47. The Morgan fingerprint density at radius 3 is 2.59 bits per heavy atom. The van der Waals surface area contributed by atoms with Crippen LogP contribution in [0.1, 0.15) is 12.5 Å². The summed E-state index contributed by atoms with van der Waals surface area (Å²) in [7, 11) is 0. The maximum Gasteiger partial charge on any atom is 0.408 e. The molecule has 0 saturated carbocycles. The van der Waals surface area contributed by atoms with E-state index in [1.165, 1.54) is 0 Å². The first-order chi connectivity index (χ1) is 7.99. The number of aliphatic carboxylic acids is 1. The molecule has 0 bridgehead atoms. The number of rotatable bonds is 2. The van der Waals surface area contributed by atoms with Crippen LogP contribution in [0.25, 0.3) is 0 Å². The number of carbonyl (C=O) groups is 2. The van der Waals surface area contributed by atoms with Gasteiger partial charge in [-0.1, -0.05) is 0 Å². The van der Waals surface area contributed by atoms with Crippen LogP contribution < -0.4 is 0 Å². The van der Waals surface area contributed by atoms with Gasteiger partial charge in [-0.2, -0.15) is 5.10 Å². The number of halogens is 1. The molecule has 0 aromatic carbocycles. The molecule has 1 fully saturated rings. The van der Waals surface area contributed by atoms with E-state index >= 15 is 0 Å². The van der Waals surface area contributed by atoms with Crippen molar-refractivity contribution in [3.8, 4) is 0 Å². The van der Waals surface area contributed by atoms with Gasteiger partial charge in [0.25, 0.3) is 0 Å². The van der Waals surface area contributed by atoms with Crippen molar-refractivity contribution in [1.82, 2.24) is 14.7 Å². The monoisotopic (exact) mass is 351 g/mol. The first kappa shape index (κ1) is 12.1. The molecule has 1 aromatic rings. The molecule has 7 nitrogen and oxygen atoms in total. The fraction of sp³-hybridized carbons (Fsp3) is 0.444. The summed E-state index contributed by atoms with van der Waals surface area (Å²) in [5.41, 5.74) is 0. The van der Waals surface area contributed by atoms with Gasteiger partial charge in [-0.05, 0) is 22.6 Å². The van der Waals surface area contributed by atoms with Gasteiger partial charge in [0.1, 0.15) is 6.04 Å². The summed E-state index contributed by atoms with van der Waals surface area (Å²) < 4.78 is 2.56. The largest absolute Gasteiger partial charge is 0.480 e. The van der Waals surface area contributed by atoms with Crippen molar-refractivity contribution < 1.29 is 19.8 Å². The molecule has 1 aliphatic heterocycles. The molecule has 92 valence electrons.